The van der Waals surface area contributed by atoms with Crippen LogP contribution in [0.4, 0.5) is 0 Å². The van der Waals surface area contributed by atoms with Gasteiger partial charge in [0.1, 0.15) is 0 Å². The number of hydrogen-bond donors (Lipinski definition) is 1. The van der Waals surface area contributed by atoms with Gasteiger partial charge in [-0.05, 0) is 11.6 Å². The molecule has 76 valence electrons. The fourth-order valence-electron chi connectivity index (χ4n) is 1.23. The molecule has 1 aromatic carbocycles. The molecule has 0 unspecified atom stereocenters. The number of ketones is 1. The number of benzene rings is 1. The Kier molecular flexibility index (Phi) is 4.99. The van der Waals surface area contributed by atoms with Crippen LogP contribution in [0.3, 0.4) is 0 Å². The van der Waals surface area contributed by atoms with Gasteiger partial charge in [0.15, 0.2) is 5.78 Å². The van der Waals surface area contributed by atoms with Crippen LogP contribution in [0, 0.1) is 0 Å². The number of thiol groups is 1. The summed E-state index contributed by atoms with van der Waals surface area (Å²) < 4.78 is 0. The van der Waals surface area contributed by atoms with E-state index in [1.807, 2.05) is 12.1 Å². The topological polar surface area (TPSA) is 17.1 Å². The van der Waals surface area contributed by atoms with E-state index in [0.717, 1.165) is 5.56 Å². The maximum Gasteiger partial charge on any atom is 0.165 e. The Morgan fingerprint density at radius 3 is 2.79 bits per heavy atom. The molecule has 1 nitrogen and oxygen atoms in total. The van der Waals surface area contributed by atoms with Crippen LogP contribution < -0.4 is 0 Å². The highest BCUT2D eigenvalue weighted by Gasteiger charge is 2.12. The third-order valence-corrected chi connectivity index (χ3v) is 2.93. The molecule has 0 saturated heterocycles. The zero-order chi connectivity index (χ0) is 10.6. The molecule has 0 aromatic heterocycles. The summed E-state index contributed by atoms with van der Waals surface area (Å²) in [4.78, 5) is 12.4. The Bertz CT molecular complexity index is 341. The van der Waals surface area contributed by atoms with Crippen molar-refractivity contribution in [3.8, 4) is 0 Å². The van der Waals surface area contributed by atoms with Crippen LogP contribution in [0.2, 0.25) is 0 Å². The summed E-state index contributed by atoms with van der Waals surface area (Å²) in [5, 5.41) is 0.662. The fraction of sp³-hybridized carbons (Fsp3) is 0.300. The molecule has 0 fully saturated rings. The van der Waals surface area contributed by atoms with Gasteiger partial charge in [-0.15, -0.1) is 24.2 Å². The molecule has 0 amide bonds. The van der Waals surface area contributed by atoms with Gasteiger partial charge in [-0.25, -0.2) is 0 Å². The molecule has 0 heterocycles. The first-order chi connectivity index (χ1) is 6.70. The predicted molar refractivity (Wildman–Crippen MR) is 66.0 cm³/mol. The Morgan fingerprint density at radius 1 is 1.50 bits per heavy atom. The molecule has 0 bridgehead atoms. The lowest BCUT2D eigenvalue weighted by atomic mass is 10.0. The summed E-state index contributed by atoms with van der Waals surface area (Å²) in [7, 11) is 0. The standard InChI is InChI=1S/C10H10BrClOS/c11-5-4-8(13)10-7(6-12)2-1-3-9(10)14/h1-3,14H,4-6H2. The van der Waals surface area contributed by atoms with Crippen LogP contribution >= 0.6 is 40.2 Å². The largest absolute Gasteiger partial charge is 0.294 e. The summed E-state index contributed by atoms with van der Waals surface area (Å²) in [6.07, 6.45) is 0.474. The van der Waals surface area contributed by atoms with Gasteiger partial charge in [0, 0.05) is 28.1 Å². The minimum Gasteiger partial charge on any atom is -0.294 e. The molecular weight excluding hydrogens is 284 g/mol. The van der Waals surface area contributed by atoms with Crippen molar-refractivity contribution in [2.45, 2.75) is 17.2 Å². The van der Waals surface area contributed by atoms with E-state index in [1.165, 1.54) is 0 Å². The van der Waals surface area contributed by atoms with Crippen molar-refractivity contribution in [3.63, 3.8) is 0 Å². The van der Waals surface area contributed by atoms with Gasteiger partial charge in [0.25, 0.3) is 0 Å². The molecular formula is C10H10BrClOS. The number of Topliss-reactive ketones (excluding diaryl/α,β-unsaturated/α-hetero) is 1. The number of carbonyl (C=O) groups is 1. The normalized spacial score (nSPS) is 10.2. The molecule has 0 spiro atoms. The molecule has 0 saturated carbocycles. The SMILES string of the molecule is O=C(CCBr)c1c(S)cccc1CCl. The van der Waals surface area contributed by atoms with Gasteiger partial charge in [0.05, 0.1) is 0 Å². The summed E-state index contributed by atoms with van der Waals surface area (Å²) >= 11 is 13.2. The number of alkyl halides is 2. The van der Waals surface area contributed by atoms with E-state index >= 15 is 0 Å². The van der Waals surface area contributed by atoms with E-state index in [9.17, 15) is 4.79 Å². The Morgan fingerprint density at radius 2 is 2.21 bits per heavy atom. The lowest BCUT2D eigenvalue weighted by Crippen LogP contribution is -2.04. The highest BCUT2D eigenvalue weighted by atomic mass is 79.9. The molecule has 0 aliphatic carbocycles. The fourth-order valence-corrected chi connectivity index (χ4v) is 2.17. The van der Waals surface area contributed by atoms with Crippen molar-refractivity contribution < 1.29 is 4.79 Å². The number of hydrogen-bond acceptors (Lipinski definition) is 2. The van der Waals surface area contributed by atoms with Gasteiger partial charge in [-0.2, -0.15) is 0 Å². The van der Waals surface area contributed by atoms with Gasteiger partial charge in [0.2, 0.25) is 0 Å². The molecule has 0 aliphatic heterocycles. The van der Waals surface area contributed by atoms with E-state index in [2.05, 4.69) is 28.6 Å². The molecule has 0 radical (unpaired) electrons. The van der Waals surface area contributed by atoms with E-state index in [-0.39, 0.29) is 5.78 Å². The minimum absolute atomic E-state index is 0.0862. The van der Waals surface area contributed by atoms with Gasteiger partial charge < -0.3 is 0 Å². The molecule has 0 aliphatic rings. The molecule has 4 heteroatoms. The quantitative estimate of drug-likeness (QED) is 0.509. The van der Waals surface area contributed by atoms with E-state index in [1.54, 1.807) is 6.07 Å². The first kappa shape index (κ1) is 12.1. The highest BCUT2D eigenvalue weighted by Crippen LogP contribution is 2.21. The lowest BCUT2D eigenvalue weighted by molar-refractivity contribution is 0.0986. The minimum atomic E-state index is 0.0862. The summed E-state index contributed by atoms with van der Waals surface area (Å²) in [6.45, 7) is 0. The van der Waals surface area contributed by atoms with E-state index in [4.69, 9.17) is 11.6 Å². The third-order valence-electron chi connectivity index (χ3n) is 1.87. The maximum absolute atomic E-state index is 11.7. The Labute approximate surface area is 102 Å². The van der Waals surface area contributed by atoms with Crippen molar-refractivity contribution in [1.82, 2.24) is 0 Å². The third kappa shape index (κ3) is 2.75. The zero-order valence-electron chi connectivity index (χ0n) is 7.46. The monoisotopic (exact) mass is 292 g/mol. The summed E-state index contributed by atoms with van der Waals surface area (Å²) in [5.41, 5.74) is 1.51. The second kappa shape index (κ2) is 5.79. The van der Waals surface area contributed by atoms with E-state index in [0.29, 0.717) is 28.1 Å². The number of halogens is 2. The van der Waals surface area contributed by atoms with Gasteiger partial charge in [-0.1, -0.05) is 28.1 Å². The highest BCUT2D eigenvalue weighted by molar-refractivity contribution is 9.09. The number of rotatable bonds is 4. The lowest BCUT2D eigenvalue weighted by Gasteiger charge is -2.07. The van der Waals surface area contributed by atoms with Gasteiger partial charge in [-0.3, -0.25) is 4.79 Å². The first-order valence-electron chi connectivity index (χ1n) is 4.16. The van der Waals surface area contributed by atoms with Crippen LogP contribution in [0.5, 0.6) is 0 Å². The van der Waals surface area contributed by atoms with Crippen molar-refractivity contribution in [3.05, 3.63) is 29.3 Å². The predicted octanol–water partition coefficient (Wildman–Crippen LogP) is 3.68. The second-order valence-electron chi connectivity index (χ2n) is 2.81. The van der Waals surface area contributed by atoms with Crippen LogP contribution in [0.25, 0.3) is 0 Å². The smallest absolute Gasteiger partial charge is 0.165 e. The summed E-state index contributed by atoms with van der Waals surface area (Å²) in [6, 6.07) is 5.51. The molecule has 1 aromatic rings. The molecule has 0 N–H and O–H groups in total. The van der Waals surface area contributed by atoms with Crippen molar-refractivity contribution >= 4 is 45.9 Å². The van der Waals surface area contributed by atoms with Crippen LogP contribution in [0.1, 0.15) is 22.3 Å². The first-order valence-corrected chi connectivity index (χ1v) is 6.27. The van der Waals surface area contributed by atoms with Crippen LogP contribution in [-0.4, -0.2) is 11.1 Å². The average Bonchev–Trinajstić information content (AvgIpc) is 2.17. The Balaban J connectivity index is 3.10. The molecule has 0 atom stereocenters. The number of carbonyl (C=O) groups excluding carboxylic acids is 1. The molecule has 1 rings (SSSR count). The van der Waals surface area contributed by atoms with Crippen LogP contribution in [0.15, 0.2) is 23.1 Å². The second-order valence-corrected chi connectivity index (χ2v) is 4.35. The van der Waals surface area contributed by atoms with Gasteiger partial charge >= 0.3 is 0 Å². The van der Waals surface area contributed by atoms with Crippen molar-refractivity contribution in [2.24, 2.45) is 0 Å². The van der Waals surface area contributed by atoms with Crippen molar-refractivity contribution in [2.75, 3.05) is 5.33 Å². The van der Waals surface area contributed by atoms with E-state index < -0.39 is 0 Å². The average molecular weight is 294 g/mol. The van der Waals surface area contributed by atoms with Crippen LogP contribution in [-0.2, 0) is 5.88 Å². The van der Waals surface area contributed by atoms with Crippen molar-refractivity contribution in [1.29, 1.82) is 0 Å². The maximum atomic E-state index is 11.7. The molecule has 14 heavy (non-hydrogen) atoms. The summed E-state index contributed by atoms with van der Waals surface area (Å²) in [5.74, 6) is 0.431. The Hall–Kier alpha value is 0.01000. The zero-order valence-corrected chi connectivity index (χ0v) is 10.7.